The van der Waals surface area contributed by atoms with E-state index in [0.29, 0.717) is 5.92 Å². The molecule has 2 atom stereocenters. The minimum absolute atomic E-state index is 0.0943. The van der Waals surface area contributed by atoms with Crippen molar-refractivity contribution in [1.29, 1.82) is 0 Å². The highest BCUT2D eigenvalue weighted by Gasteiger charge is 2.20. The third kappa shape index (κ3) is 7.72. The van der Waals surface area contributed by atoms with Crippen LogP contribution in [0.3, 0.4) is 0 Å². The summed E-state index contributed by atoms with van der Waals surface area (Å²) in [6.45, 7) is 13.8. The second-order valence-corrected chi connectivity index (χ2v) is 17.3. The molecule has 0 saturated carbocycles. The molecule has 0 bridgehead atoms. The lowest BCUT2D eigenvalue weighted by molar-refractivity contribution is 0.536. The lowest BCUT2D eigenvalue weighted by Crippen LogP contribution is -2.11. The number of hydrogen-bond donors (Lipinski definition) is 0. The van der Waals surface area contributed by atoms with Crippen molar-refractivity contribution in [1.82, 2.24) is 8.68 Å². The van der Waals surface area contributed by atoms with Crippen molar-refractivity contribution >= 4 is 46.2 Å². The lowest BCUT2D eigenvalue weighted by atomic mass is 9.83. The highest BCUT2D eigenvalue weighted by atomic mass is 35.7. The van der Waals surface area contributed by atoms with Crippen molar-refractivity contribution < 1.29 is 0 Å². The summed E-state index contributed by atoms with van der Waals surface area (Å²) in [5.74, 6) is 0.636. The zero-order chi connectivity index (χ0) is 33.8. The van der Waals surface area contributed by atoms with E-state index in [1.165, 1.54) is 113 Å². The minimum Gasteiger partial charge on any atom is -0.296 e. The summed E-state index contributed by atoms with van der Waals surface area (Å²) >= 11 is 7.50. The van der Waals surface area contributed by atoms with Gasteiger partial charge in [-0.2, -0.15) is 0 Å². The number of aryl methyl sites for hydroxylation is 1. The molecule has 2 aromatic heterocycles. The summed E-state index contributed by atoms with van der Waals surface area (Å²) in [6, 6.07) is 25.5. The molecule has 5 aromatic rings. The average molecular weight is 677 g/mol. The van der Waals surface area contributed by atoms with Crippen molar-refractivity contribution in [2.45, 2.75) is 111 Å². The molecule has 48 heavy (non-hydrogen) atoms. The van der Waals surface area contributed by atoms with Crippen molar-refractivity contribution in [3.05, 3.63) is 114 Å². The molecule has 0 aliphatic heterocycles. The summed E-state index contributed by atoms with van der Waals surface area (Å²) in [5, 5.41) is 2.45. The highest BCUT2D eigenvalue weighted by molar-refractivity contribution is 7.81. The molecule has 0 amide bonds. The van der Waals surface area contributed by atoms with Gasteiger partial charge in [0.15, 0.2) is 0 Å². The van der Waals surface area contributed by atoms with Crippen molar-refractivity contribution in [3.63, 3.8) is 0 Å². The van der Waals surface area contributed by atoms with E-state index in [1.54, 1.807) is 5.57 Å². The normalized spacial score (nSPS) is 16.0. The Morgan fingerprint density at radius 3 is 1.98 bits per heavy atom. The Kier molecular flexibility index (Phi) is 11.0. The third-order valence-electron chi connectivity index (χ3n) is 10.1. The van der Waals surface area contributed by atoms with E-state index in [2.05, 4.69) is 141 Å². The molecular formula is C44H54ClN2P. The Hall–Kier alpha value is -3.06. The van der Waals surface area contributed by atoms with Gasteiger partial charge in [-0.1, -0.05) is 127 Å². The van der Waals surface area contributed by atoms with Gasteiger partial charge in [0.25, 0.3) is 0 Å². The van der Waals surface area contributed by atoms with Crippen LogP contribution in [0.15, 0.2) is 96.8 Å². The molecule has 3 aromatic carbocycles. The molecule has 0 radical (unpaired) electrons. The molecule has 0 N–H and O–H groups in total. The number of allylic oxidation sites excluding steroid dienone is 4. The average Bonchev–Trinajstić information content (AvgIpc) is 3.72. The van der Waals surface area contributed by atoms with E-state index in [4.69, 9.17) is 11.2 Å². The van der Waals surface area contributed by atoms with Gasteiger partial charge in [-0.15, -0.1) is 0 Å². The standard InChI is InChI=1S/C44H54ClN2P/c1-7-10-13-32-24-33(14-11-8-2)26-39(25-32)37-18-16-35-20-22-46(42(35)30-37)48(45)47-23-21-36-17-19-38(31-43(36)47)40-27-34(15-12-9-3)28-41(29-40)44(4,5)6/h16-23,25-32H,7-15,24H2,1-6H3. The first-order valence-electron chi connectivity index (χ1n) is 18.4. The number of unbranched alkanes of at least 4 members (excludes halogenated alkanes) is 3. The summed E-state index contributed by atoms with van der Waals surface area (Å²) in [6.07, 6.45) is 21.7. The zero-order valence-corrected chi connectivity index (χ0v) is 31.7. The third-order valence-corrected chi connectivity index (χ3v) is 12.5. The number of halogens is 1. The molecule has 2 unspecified atom stereocenters. The monoisotopic (exact) mass is 676 g/mol. The molecule has 6 rings (SSSR count). The Balaban J connectivity index is 1.36. The molecule has 1 aliphatic rings. The van der Waals surface area contributed by atoms with Crippen LogP contribution in [0.1, 0.15) is 116 Å². The number of aromatic nitrogens is 2. The Labute approximate surface area is 295 Å². The second kappa shape index (κ2) is 15.2. The molecule has 1 aliphatic carbocycles. The molecular weight excluding hydrogens is 623 g/mol. The van der Waals surface area contributed by atoms with Crippen LogP contribution in [-0.4, -0.2) is 8.68 Å². The minimum atomic E-state index is -1.21. The Morgan fingerprint density at radius 1 is 0.708 bits per heavy atom. The van der Waals surface area contributed by atoms with Crippen LogP contribution in [0.5, 0.6) is 0 Å². The number of rotatable bonds is 13. The number of nitrogens with zero attached hydrogens (tertiary/aromatic N) is 2. The quantitative estimate of drug-likeness (QED) is 0.110. The van der Waals surface area contributed by atoms with Crippen molar-refractivity contribution in [2.24, 2.45) is 5.92 Å². The van der Waals surface area contributed by atoms with Gasteiger partial charge in [0.05, 0.1) is 11.0 Å². The van der Waals surface area contributed by atoms with Crippen molar-refractivity contribution in [3.8, 4) is 11.1 Å². The molecule has 0 saturated heterocycles. The van der Waals surface area contributed by atoms with Gasteiger partial charge in [0, 0.05) is 12.4 Å². The van der Waals surface area contributed by atoms with Gasteiger partial charge in [-0.3, -0.25) is 8.68 Å². The number of fused-ring (bicyclic) bond motifs is 2. The molecule has 2 nitrogen and oxygen atoms in total. The second-order valence-electron chi connectivity index (χ2n) is 15.0. The summed E-state index contributed by atoms with van der Waals surface area (Å²) in [4.78, 5) is 0. The largest absolute Gasteiger partial charge is 0.296 e. The molecule has 0 spiro atoms. The van der Waals surface area contributed by atoms with E-state index in [9.17, 15) is 0 Å². The molecule has 252 valence electrons. The predicted molar refractivity (Wildman–Crippen MR) is 213 cm³/mol. The molecule has 2 heterocycles. The van der Waals surface area contributed by atoms with E-state index >= 15 is 0 Å². The van der Waals surface area contributed by atoms with Crippen LogP contribution in [-0.2, 0) is 11.8 Å². The van der Waals surface area contributed by atoms with Gasteiger partial charge in [0.1, 0.15) is 0 Å². The molecule has 4 heteroatoms. The summed E-state index contributed by atoms with van der Waals surface area (Å²) in [7, 11) is -1.21. The van der Waals surface area contributed by atoms with Crippen LogP contribution >= 0.6 is 18.8 Å². The first-order chi connectivity index (χ1) is 23.2. The number of hydrogen-bond acceptors (Lipinski definition) is 0. The summed E-state index contributed by atoms with van der Waals surface area (Å²) in [5.41, 5.74) is 12.1. The van der Waals surface area contributed by atoms with E-state index in [1.807, 2.05) is 0 Å². The topological polar surface area (TPSA) is 9.86 Å². The van der Waals surface area contributed by atoms with E-state index in [0.717, 1.165) is 6.42 Å². The van der Waals surface area contributed by atoms with Crippen LogP contribution in [0.4, 0.5) is 0 Å². The maximum atomic E-state index is 7.50. The van der Waals surface area contributed by atoms with Crippen LogP contribution in [0.25, 0.3) is 38.5 Å². The van der Waals surface area contributed by atoms with Crippen molar-refractivity contribution in [2.75, 3.05) is 0 Å². The van der Waals surface area contributed by atoms with Gasteiger partial charge in [-0.05, 0) is 130 Å². The maximum absolute atomic E-state index is 7.50. The van der Waals surface area contributed by atoms with Gasteiger partial charge >= 0.3 is 0 Å². The first-order valence-corrected chi connectivity index (χ1v) is 20.6. The Morgan fingerprint density at radius 2 is 1.33 bits per heavy atom. The molecule has 0 fully saturated rings. The van der Waals surface area contributed by atoms with Crippen LogP contribution in [0.2, 0.25) is 0 Å². The fourth-order valence-corrected chi connectivity index (χ4v) is 9.24. The number of benzene rings is 3. The van der Waals surface area contributed by atoms with Crippen LogP contribution < -0.4 is 0 Å². The fourth-order valence-electron chi connectivity index (χ4n) is 7.18. The van der Waals surface area contributed by atoms with E-state index < -0.39 is 7.58 Å². The SMILES string of the molecule is CCCCC1=CC(c2ccc3ccn(P(Cl)n4ccc5ccc(-c6cc(CCCC)cc(C(C)(C)C)c6)cc54)c3c2)=CC(CCCC)C1. The van der Waals surface area contributed by atoms with E-state index in [-0.39, 0.29) is 5.41 Å². The van der Waals surface area contributed by atoms with Crippen LogP contribution in [0, 0.1) is 5.92 Å². The first kappa shape index (κ1) is 34.8. The predicted octanol–water partition coefficient (Wildman–Crippen LogP) is 14.5. The summed E-state index contributed by atoms with van der Waals surface area (Å²) < 4.78 is 4.58. The highest BCUT2D eigenvalue weighted by Crippen LogP contribution is 2.50. The Bertz CT molecular complexity index is 1930. The van der Waals surface area contributed by atoms with Gasteiger partial charge in [0.2, 0.25) is 7.58 Å². The smallest absolute Gasteiger partial charge is 0.206 e. The lowest BCUT2D eigenvalue weighted by Gasteiger charge is -2.23. The maximum Gasteiger partial charge on any atom is 0.206 e. The van der Waals surface area contributed by atoms with Gasteiger partial charge < -0.3 is 0 Å². The fraction of sp³-hybridized carbons (Fsp3) is 0.409. The van der Waals surface area contributed by atoms with Gasteiger partial charge in [-0.25, -0.2) is 0 Å². The zero-order valence-electron chi connectivity index (χ0n) is 30.0.